The maximum Gasteiger partial charge on any atom is 1.00 e. The van der Waals surface area contributed by atoms with Gasteiger partial charge in [-0.1, -0.05) is 54.6 Å². The van der Waals surface area contributed by atoms with E-state index in [0.717, 1.165) is 24.3 Å². The molecule has 0 aliphatic heterocycles. The van der Waals surface area contributed by atoms with Gasteiger partial charge < -0.3 is 15.9 Å². The fraction of sp³-hybridized carbons (Fsp3) is 0. The van der Waals surface area contributed by atoms with Crippen molar-refractivity contribution in [3.63, 3.8) is 0 Å². The first kappa shape index (κ1) is 45.9. The van der Waals surface area contributed by atoms with Crippen molar-refractivity contribution < 1.29 is 83.6 Å². The Labute approximate surface area is 377 Å². The molecule has 0 spiro atoms. The van der Waals surface area contributed by atoms with Crippen LogP contribution < -0.4 is 35.3 Å². The standard InChI is InChI=1S/C38H26N8O13S3.Na/c39-34-33-22(16-31(61(54,55)56)35(34)44-42-25-4-3-5-26(18-25)46(49)50)17-32(62(57,58)59)36(38(33)48)45-41-24-14-10-21(11-15-24)20-8-12-23(13-9-20)40-43-29-19-30(60(51,52)53)27-6-1-2-7-28(27)37(29)47;/h1-19,47-48H,39H2,(H,51,52,53)(H,54,55,56)(H,57,58,59);/q;+1. The van der Waals surface area contributed by atoms with Crippen molar-refractivity contribution in [1.82, 2.24) is 0 Å². The van der Waals surface area contributed by atoms with Crippen LogP contribution in [0.25, 0.3) is 32.7 Å². The van der Waals surface area contributed by atoms with Gasteiger partial charge in [0.05, 0.1) is 33.1 Å². The molecule has 0 heterocycles. The van der Waals surface area contributed by atoms with E-state index in [2.05, 4.69) is 30.7 Å². The van der Waals surface area contributed by atoms with Crippen LogP contribution >= 0.6 is 0 Å². The Morgan fingerprint density at radius 1 is 0.524 bits per heavy atom. The number of hydrogen-bond donors (Lipinski definition) is 6. The largest absolute Gasteiger partial charge is 1.00 e. The number of nitro benzene ring substituents is 1. The Bertz CT molecular complexity index is 3450. The van der Waals surface area contributed by atoms with Gasteiger partial charge in [-0.15, -0.1) is 15.3 Å². The topological polar surface area (TPSA) is 347 Å². The summed E-state index contributed by atoms with van der Waals surface area (Å²) in [6.07, 6.45) is 0. The minimum absolute atomic E-state index is 0. The molecular weight excluding hydrogens is 896 g/mol. The Hall–Kier alpha value is -6.61. The predicted octanol–water partition coefficient (Wildman–Crippen LogP) is 6.55. The summed E-state index contributed by atoms with van der Waals surface area (Å²) >= 11 is 0. The van der Waals surface area contributed by atoms with Crippen LogP contribution in [0.15, 0.2) is 161 Å². The van der Waals surface area contributed by atoms with Gasteiger partial charge in [0.2, 0.25) is 0 Å². The second kappa shape index (κ2) is 17.6. The molecule has 0 aliphatic rings. The molecule has 0 aliphatic carbocycles. The first-order valence-electron chi connectivity index (χ1n) is 17.2. The number of azo groups is 3. The molecule has 0 unspecified atom stereocenters. The van der Waals surface area contributed by atoms with Gasteiger partial charge >= 0.3 is 29.6 Å². The molecule has 21 nitrogen and oxygen atoms in total. The predicted molar refractivity (Wildman–Crippen MR) is 223 cm³/mol. The third-order valence-corrected chi connectivity index (χ3v) is 11.6. The number of nitrogens with zero attached hydrogens (tertiary/aromatic N) is 7. The molecule has 0 saturated carbocycles. The number of anilines is 1. The number of phenolic OH excluding ortho intramolecular Hbond substituents is 2. The Morgan fingerprint density at radius 2 is 1.02 bits per heavy atom. The molecule has 0 bridgehead atoms. The fourth-order valence-electron chi connectivity index (χ4n) is 6.14. The molecular formula is C38H26N8NaO13S3+. The maximum atomic E-state index is 12.5. The Kier molecular flexibility index (Phi) is 12.9. The zero-order valence-electron chi connectivity index (χ0n) is 31.9. The first-order chi connectivity index (χ1) is 29.2. The Balaban J connectivity index is 0.00000661. The van der Waals surface area contributed by atoms with Gasteiger partial charge in [-0.05, 0) is 65.0 Å². The van der Waals surface area contributed by atoms with E-state index in [1.54, 1.807) is 48.5 Å². The maximum absolute atomic E-state index is 12.5. The summed E-state index contributed by atoms with van der Waals surface area (Å²) in [4.78, 5) is 8.03. The molecule has 63 heavy (non-hydrogen) atoms. The van der Waals surface area contributed by atoms with Crippen molar-refractivity contribution in [2.45, 2.75) is 14.7 Å². The molecule has 7 N–H and O–H groups in total. The minimum Gasteiger partial charge on any atom is -0.505 e. The monoisotopic (exact) mass is 921 g/mol. The SMILES string of the molecule is Nc1c(N=Nc2cccc([N+](=O)[O-])c2)c(S(=O)(=O)O)cc2cc(S(=O)(=O)O)c(N=Nc3ccc(-c4ccc(N=Nc5cc(S(=O)(=O)O)c6ccccc6c5O)cc4)cc3)c(O)c12.[Na+]. The average Bonchev–Trinajstić information content (AvgIpc) is 3.22. The van der Waals surface area contributed by atoms with Gasteiger partial charge in [-0.2, -0.15) is 40.6 Å². The normalized spacial score (nSPS) is 12.4. The van der Waals surface area contributed by atoms with Gasteiger partial charge in [-0.3, -0.25) is 23.8 Å². The molecule has 7 aromatic rings. The number of fused-ring (bicyclic) bond motifs is 2. The summed E-state index contributed by atoms with van der Waals surface area (Å²) in [5, 5.41) is 56.1. The molecule has 0 aromatic heterocycles. The van der Waals surface area contributed by atoms with Gasteiger partial charge in [-0.25, -0.2) is 0 Å². The summed E-state index contributed by atoms with van der Waals surface area (Å²) in [5.41, 5.74) is 5.12. The number of nitrogen functional groups attached to an aromatic ring is 1. The summed E-state index contributed by atoms with van der Waals surface area (Å²) in [5.74, 6) is -1.34. The number of phenols is 2. The van der Waals surface area contributed by atoms with Crippen molar-refractivity contribution >= 4 is 97.4 Å². The summed E-state index contributed by atoms with van der Waals surface area (Å²) < 4.78 is 104. The minimum atomic E-state index is -5.19. The van der Waals surface area contributed by atoms with E-state index < -0.39 is 83.5 Å². The van der Waals surface area contributed by atoms with E-state index in [1.807, 2.05) is 0 Å². The first-order valence-corrected chi connectivity index (χ1v) is 21.5. The van der Waals surface area contributed by atoms with Crippen molar-refractivity contribution in [2.75, 3.05) is 5.73 Å². The van der Waals surface area contributed by atoms with Crippen LogP contribution in [0.2, 0.25) is 0 Å². The number of rotatable bonds is 11. The smallest absolute Gasteiger partial charge is 0.505 e. The quantitative estimate of drug-likeness (QED) is 0.0200. The molecule has 0 radical (unpaired) electrons. The van der Waals surface area contributed by atoms with E-state index in [1.165, 1.54) is 36.4 Å². The van der Waals surface area contributed by atoms with Crippen molar-refractivity contribution in [3.05, 3.63) is 125 Å². The third-order valence-electron chi connectivity index (χ3n) is 9.02. The van der Waals surface area contributed by atoms with Crippen LogP contribution in [0, 0.1) is 10.1 Å². The average molecular weight is 922 g/mol. The fourth-order valence-corrected chi connectivity index (χ4v) is 8.19. The van der Waals surface area contributed by atoms with Crippen LogP contribution in [0.4, 0.5) is 45.5 Å². The van der Waals surface area contributed by atoms with Crippen molar-refractivity contribution in [1.29, 1.82) is 0 Å². The molecule has 25 heteroatoms. The molecule has 7 rings (SSSR count). The van der Waals surface area contributed by atoms with Crippen molar-refractivity contribution in [3.8, 4) is 22.6 Å². The molecule has 0 saturated heterocycles. The van der Waals surface area contributed by atoms with Crippen LogP contribution in [0.5, 0.6) is 11.5 Å². The van der Waals surface area contributed by atoms with Crippen LogP contribution in [0.1, 0.15) is 0 Å². The number of nitro groups is 1. The number of benzene rings is 7. The molecule has 7 aromatic carbocycles. The van der Waals surface area contributed by atoms with Crippen molar-refractivity contribution in [2.24, 2.45) is 30.7 Å². The van der Waals surface area contributed by atoms with E-state index in [0.29, 0.717) is 22.9 Å². The second-order valence-corrected chi connectivity index (χ2v) is 17.2. The summed E-state index contributed by atoms with van der Waals surface area (Å²) in [6.45, 7) is 0. The molecule has 314 valence electrons. The van der Waals surface area contributed by atoms with Gasteiger partial charge in [0.1, 0.15) is 31.7 Å². The third kappa shape index (κ3) is 9.73. The van der Waals surface area contributed by atoms with E-state index in [-0.39, 0.29) is 68.8 Å². The van der Waals surface area contributed by atoms with Gasteiger partial charge in [0.15, 0.2) is 11.5 Å². The van der Waals surface area contributed by atoms with E-state index in [4.69, 9.17) is 5.73 Å². The van der Waals surface area contributed by atoms with Crippen LogP contribution in [-0.2, 0) is 30.4 Å². The van der Waals surface area contributed by atoms with Gasteiger partial charge in [0, 0.05) is 22.9 Å². The van der Waals surface area contributed by atoms with E-state index in [9.17, 15) is 59.2 Å². The molecule has 0 atom stereocenters. The van der Waals surface area contributed by atoms with Crippen LogP contribution in [0.3, 0.4) is 0 Å². The Morgan fingerprint density at radius 3 is 1.56 bits per heavy atom. The zero-order valence-corrected chi connectivity index (χ0v) is 36.4. The van der Waals surface area contributed by atoms with Crippen LogP contribution in [-0.4, -0.2) is 54.0 Å². The molecule has 0 fully saturated rings. The van der Waals surface area contributed by atoms with E-state index >= 15 is 0 Å². The second-order valence-electron chi connectivity index (χ2n) is 13.0. The number of nitrogens with two attached hydrogens (primary N) is 1. The summed E-state index contributed by atoms with van der Waals surface area (Å²) in [7, 11) is -15.0. The molecule has 0 amide bonds. The number of hydrogen-bond acceptors (Lipinski definition) is 17. The number of aromatic hydroxyl groups is 2. The van der Waals surface area contributed by atoms with Gasteiger partial charge in [0.25, 0.3) is 36.0 Å². The zero-order chi connectivity index (χ0) is 44.7. The summed E-state index contributed by atoms with van der Waals surface area (Å²) in [6, 6.07) is 25.9. The number of non-ortho nitro benzene ring substituents is 1.